The quantitative estimate of drug-likeness (QED) is 0.220. The van der Waals surface area contributed by atoms with Crippen molar-refractivity contribution < 1.29 is 24.2 Å². The van der Waals surface area contributed by atoms with Gasteiger partial charge in [0, 0.05) is 18.3 Å². The molecule has 3 amide bonds. The van der Waals surface area contributed by atoms with Crippen LogP contribution in [0.25, 0.3) is 0 Å². The predicted molar refractivity (Wildman–Crippen MR) is 149 cm³/mol. The van der Waals surface area contributed by atoms with E-state index in [4.69, 9.17) is 4.74 Å². The van der Waals surface area contributed by atoms with Gasteiger partial charge in [-0.3, -0.25) is 9.59 Å². The van der Waals surface area contributed by atoms with E-state index < -0.39 is 29.7 Å². The highest BCUT2D eigenvalue weighted by Gasteiger charge is 2.36. The number of aromatic hydroxyl groups is 1. The summed E-state index contributed by atoms with van der Waals surface area (Å²) >= 11 is 4.34. The molecule has 0 radical (unpaired) electrons. The van der Waals surface area contributed by atoms with Crippen LogP contribution >= 0.6 is 12.6 Å². The lowest BCUT2D eigenvalue weighted by molar-refractivity contribution is -0.142. The third kappa shape index (κ3) is 10.5. The van der Waals surface area contributed by atoms with Crippen molar-refractivity contribution in [1.82, 2.24) is 15.5 Å². The van der Waals surface area contributed by atoms with E-state index in [1.165, 1.54) is 12.1 Å². The molecule has 3 N–H and O–H groups in total. The SMILES string of the molecule is CCCCCCN(C(=O)C(CS)NC(=O)OC(C)(C)C)C(C(=O)NC1CCCCC1)c1ccc(O)cc1. The molecule has 0 heterocycles. The summed E-state index contributed by atoms with van der Waals surface area (Å²) in [5.74, 6) is -0.516. The maximum absolute atomic E-state index is 13.9. The summed E-state index contributed by atoms with van der Waals surface area (Å²) in [4.78, 5) is 41.7. The summed E-state index contributed by atoms with van der Waals surface area (Å²) < 4.78 is 5.36. The highest BCUT2D eigenvalue weighted by molar-refractivity contribution is 7.80. The standard InChI is InChI=1S/C28H45N3O5S/c1-5-6-7-11-18-31(26(34)23(19-37)30-27(35)36-28(2,3)4)24(20-14-16-22(32)17-15-20)25(33)29-21-12-9-8-10-13-21/h14-17,21,23-24,32,37H,5-13,18-19H2,1-4H3,(H,29,33)(H,30,35). The number of hydrogen-bond donors (Lipinski definition) is 4. The average molecular weight is 536 g/mol. The molecule has 1 aromatic rings. The molecule has 0 aliphatic heterocycles. The van der Waals surface area contributed by atoms with Crippen LogP contribution in [0.1, 0.15) is 97.1 Å². The molecule has 1 aromatic carbocycles. The van der Waals surface area contributed by atoms with Crippen molar-refractivity contribution in [3.8, 4) is 5.75 Å². The number of rotatable bonds is 12. The Hall–Kier alpha value is -2.42. The van der Waals surface area contributed by atoms with Gasteiger partial charge in [0.2, 0.25) is 11.8 Å². The molecule has 2 atom stereocenters. The molecule has 1 aliphatic carbocycles. The van der Waals surface area contributed by atoms with Gasteiger partial charge in [-0.2, -0.15) is 12.6 Å². The first-order chi connectivity index (χ1) is 17.6. The molecule has 2 unspecified atom stereocenters. The minimum Gasteiger partial charge on any atom is -0.508 e. The molecule has 0 aromatic heterocycles. The number of nitrogens with one attached hydrogen (secondary N) is 2. The van der Waals surface area contributed by atoms with Gasteiger partial charge in [-0.05, 0) is 57.7 Å². The maximum atomic E-state index is 13.9. The first kappa shape index (κ1) is 30.8. The highest BCUT2D eigenvalue weighted by atomic mass is 32.1. The molecule has 1 fully saturated rings. The van der Waals surface area contributed by atoms with E-state index >= 15 is 0 Å². The van der Waals surface area contributed by atoms with Gasteiger partial charge >= 0.3 is 6.09 Å². The van der Waals surface area contributed by atoms with Crippen LogP contribution in [0.15, 0.2) is 24.3 Å². The van der Waals surface area contributed by atoms with Crippen molar-refractivity contribution in [2.45, 2.75) is 109 Å². The van der Waals surface area contributed by atoms with Gasteiger partial charge in [0.05, 0.1) is 0 Å². The lowest BCUT2D eigenvalue weighted by Gasteiger charge is -2.35. The number of carbonyl (C=O) groups is 3. The number of alkyl carbamates (subject to hydrolysis) is 1. The van der Waals surface area contributed by atoms with Crippen molar-refractivity contribution in [2.75, 3.05) is 12.3 Å². The summed E-state index contributed by atoms with van der Waals surface area (Å²) in [6, 6.07) is 4.58. The molecule has 0 spiro atoms. The van der Waals surface area contributed by atoms with Crippen molar-refractivity contribution in [2.24, 2.45) is 0 Å². The van der Waals surface area contributed by atoms with Crippen molar-refractivity contribution >= 4 is 30.5 Å². The van der Waals surface area contributed by atoms with Crippen LogP contribution in [0.4, 0.5) is 4.79 Å². The Balaban J connectivity index is 2.37. The van der Waals surface area contributed by atoms with Crippen LogP contribution in [0.2, 0.25) is 0 Å². The maximum Gasteiger partial charge on any atom is 0.408 e. The van der Waals surface area contributed by atoms with Crippen LogP contribution in [-0.4, -0.2) is 57.9 Å². The fourth-order valence-electron chi connectivity index (χ4n) is 4.57. The van der Waals surface area contributed by atoms with Crippen molar-refractivity contribution in [3.63, 3.8) is 0 Å². The smallest absolute Gasteiger partial charge is 0.408 e. The Morgan fingerprint density at radius 2 is 1.73 bits per heavy atom. The molecular weight excluding hydrogens is 490 g/mol. The normalized spacial score (nSPS) is 15.9. The van der Waals surface area contributed by atoms with Crippen molar-refractivity contribution in [3.05, 3.63) is 29.8 Å². The zero-order chi connectivity index (χ0) is 27.4. The second-order valence-corrected chi connectivity index (χ2v) is 11.2. The topological polar surface area (TPSA) is 108 Å². The molecule has 9 heteroatoms. The van der Waals surface area contributed by atoms with Crippen LogP contribution < -0.4 is 10.6 Å². The number of phenols is 1. The second kappa shape index (κ2) is 15.1. The first-order valence-corrected chi connectivity index (χ1v) is 14.2. The van der Waals surface area contributed by atoms with Gasteiger partial charge in [-0.15, -0.1) is 0 Å². The van der Waals surface area contributed by atoms with Crippen LogP contribution in [0.5, 0.6) is 5.75 Å². The number of unbranched alkanes of at least 4 members (excludes halogenated alkanes) is 3. The number of amides is 3. The summed E-state index contributed by atoms with van der Waals surface area (Å²) in [7, 11) is 0. The summed E-state index contributed by atoms with van der Waals surface area (Å²) in [6.07, 6.45) is 8.11. The first-order valence-electron chi connectivity index (χ1n) is 13.6. The Bertz CT molecular complexity index is 866. The third-order valence-electron chi connectivity index (χ3n) is 6.43. The molecule has 2 rings (SSSR count). The Kier molecular flexibility index (Phi) is 12.6. The monoisotopic (exact) mass is 535 g/mol. The lowest BCUT2D eigenvalue weighted by atomic mass is 9.94. The molecule has 0 saturated heterocycles. The van der Waals surface area contributed by atoms with Crippen LogP contribution in [-0.2, 0) is 14.3 Å². The van der Waals surface area contributed by atoms with Crippen molar-refractivity contribution in [1.29, 1.82) is 0 Å². The van der Waals surface area contributed by atoms with Gasteiger partial charge in [-0.1, -0.05) is 57.6 Å². The highest BCUT2D eigenvalue weighted by Crippen LogP contribution is 2.27. The number of benzene rings is 1. The van der Waals surface area contributed by atoms with E-state index in [2.05, 4.69) is 30.2 Å². The Morgan fingerprint density at radius 3 is 2.30 bits per heavy atom. The van der Waals surface area contributed by atoms with Gasteiger partial charge in [-0.25, -0.2) is 4.79 Å². The van der Waals surface area contributed by atoms with E-state index in [-0.39, 0.29) is 23.5 Å². The summed E-state index contributed by atoms with van der Waals surface area (Å²) in [5.41, 5.74) is -0.118. The molecule has 1 aliphatic rings. The summed E-state index contributed by atoms with van der Waals surface area (Å²) in [6.45, 7) is 7.71. The lowest BCUT2D eigenvalue weighted by Crippen LogP contribution is -2.54. The molecule has 208 valence electrons. The second-order valence-electron chi connectivity index (χ2n) is 10.8. The zero-order valence-corrected chi connectivity index (χ0v) is 23.7. The predicted octanol–water partition coefficient (Wildman–Crippen LogP) is 5.11. The van der Waals surface area contributed by atoms with Gasteiger partial charge < -0.3 is 25.4 Å². The number of carbonyl (C=O) groups excluding carboxylic acids is 3. The van der Waals surface area contributed by atoms with E-state index in [1.807, 2.05) is 0 Å². The van der Waals surface area contributed by atoms with E-state index in [0.29, 0.717) is 12.1 Å². The molecule has 0 bridgehead atoms. The molecule has 37 heavy (non-hydrogen) atoms. The fraction of sp³-hybridized carbons (Fsp3) is 0.679. The number of thiol groups is 1. The minimum atomic E-state index is -0.966. The Labute approximate surface area is 227 Å². The molecular formula is C28H45N3O5S. The van der Waals surface area contributed by atoms with E-state index in [0.717, 1.165) is 57.8 Å². The number of hydrogen-bond acceptors (Lipinski definition) is 6. The average Bonchev–Trinajstić information content (AvgIpc) is 2.84. The zero-order valence-electron chi connectivity index (χ0n) is 22.8. The van der Waals surface area contributed by atoms with Gasteiger partial charge in [0.1, 0.15) is 23.4 Å². The number of nitrogens with zero attached hydrogens (tertiary/aromatic N) is 1. The fourth-order valence-corrected chi connectivity index (χ4v) is 4.81. The largest absolute Gasteiger partial charge is 0.508 e. The van der Waals surface area contributed by atoms with Crippen LogP contribution in [0, 0.1) is 0 Å². The Morgan fingerprint density at radius 1 is 1.08 bits per heavy atom. The van der Waals surface area contributed by atoms with Crippen LogP contribution in [0.3, 0.4) is 0 Å². The number of phenolic OH excluding ortho intramolecular Hbond substituents is 1. The molecule has 8 nitrogen and oxygen atoms in total. The summed E-state index contributed by atoms with van der Waals surface area (Å²) in [5, 5.41) is 15.7. The number of ether oxygens (including phenoxy) is 1. The molecule has 1 saturated carbocycles. The van der Waals surface area contributed by atoms with Gasteiger partial charge in [0.25, 0.3) is 0 Å². The van der Waals surface area contributed by atoms with Gasteiger partial charge in [0.15, 0.2) is 0 Å². The minimum absolute atomic E-state index is 0.0517. The third-order valence-corrected chi connectivity index (χ3v) is 6.79. The van der Waals surface area contributed by atoms with E-state index in [1.54, 1.807) is 37.8 Å². The van der Waals surface area contributed by atoms with E-state index in [9.17, 15) is 19.5 Å².